The van der Waals surface area contributed by atoms with Gasteiger partial charge < -0.3 is 5.32 Å². The average Bonchev–Trinajstić information content (AvgIpc) is 2.90. The number of amides is 1. The smallest absolute Gasteiger partial charge is 0.251 e. The van der Waals surface area contributed by atoms with Crippen molar-refractivity contribution in [1.82, 2.24) is 5.32 Å². The van der Waals surface area contributed by atoms with E-state index >= 15 is 0 Å². The van der Waals surface area contributed by atoms with Crippen LogP contribution in [0.25, 0.3) is 0 Å². The highest BCUT2D eigenvalue weighted by atomic mass is 35.5. The lowest BCUT2D eigenvalue weighted by molar-refractivity contribution is 0.0938. The molecule has 0 radical (unpaired) electrons. The van der Waals surface area contributed by atoms with E-state index in [-0.39, 0.29) is 11.9 Å². The first-order chi connectivity index (χ1) is 8.72. The molecule has 1 aromatic heterocycles. The summed E-state index contributed by atoms with van der Waals surface area (Å²) in [7, 11) is 0. The molecule has 0 bridgehead atoms. The minimum Gasteiger partial charge on any atom is -0.349 e. The SMILES string of the molecule is O=C(NC1Cc2ccsc2C1)c1ccc(Cl)cc1. The number of benzene rings is 1. The van der Waals surface area contributed by atoms with Crippen molar-refractivity contribution in [1.29, 1.82) is 0 Å². The van der Waals surface area contributed by atoms with Gasteiger partial charge in [0.2, 0.25) is 0 Å². The number of hydrogen-bond donors (Lipinski definition) is 1. The van der Waals surface area contributed by atoms with Crippen LogP contribution >= 0.6 is 22.9 Å². The molecule has 0 fully saturated rings. The van der Waals surface area contributed by atoms with Gasteiger partial charge in [-0.3, -0.25) is 4.79 Å². The molecular weight excluding hydrogens is 266 g/mol. The molecule has 1 amide bonds. The fraction of sp³-hybridized carbons (Fsp3) is 0.214. The van der Waals surface area contributed by atoms with Crippen LogP contribution in [0, 0.1) is 0 Å². The monoisotopic (exact) mass is 277 g/mol. The van der Waals surface area contributed by atoms with Crippen LogP contribution in [0.15, 0.2) is 35.7 Å². The summed E-state index contributed by atoms with van der Waals surface area (Å²) in [6.45, 7) is 0. The van der Waals surface area contributed by atoms with Crippen LogP contribution < -0.4 is 5.32 Å². The van der Waals surface area contributed by atoms with E-state index in [1.807, 2.05) is 0 Å². The lowest BCUT2D eigenvalue weighted by Gasteiger charge is -2.12. The van der Waals surface area contributed by atoms with Crippen molar-refractivity contribution in [3.05, 3.63) is 56.7 Å². The number of thiophene rings is 1. The number of nitrogens with one attached hydrogen (secondary N) is 1. The van der Waals surface area contributed by atoms with Crippen molar-refractivity contribution in [2.24, 2.45) is 0 Å². The van der Waals surface area contributed by atoms with E-state index in [9.17, 15) is 4.79 Å². The number of rotatable bonds is 2. The van der Waals surface area contributed by atoms with Crippen molar-refractivity contribution in [2.75, 3.05) is 0 Å². The summed E-state index contributed by atoms with van der Waals surface area (Å²) >= 11 is 7.57. The maximum Gasteiger partial charge on any atom is 0.251 e. The van der Waals surface area contributed by atoms with Crippen LogP contribution in [0.4, 0.5) is 0 Å². The Balaban J connectivity index is 1.66. The normalized spacial score (nSPS) is 17.5. The summed E-state index contributed by atoms with van der Waals surface area (Å²) in [4.78, 5) is 13.4. The number of carbonyl (C=O) groups excluding carboxylic acids is 1. The molecule has 1 heterocycles. The molecule has 0 spiro atoms. The Morgan fingerprint density at radius 3 is 2.72 bits per heavy atom. The molecule has 1 unspecified atom stereocenters. The lowest BCUT2D eigenvalue weighted by atomic mass is 10.1. The quantitative estimate of drug-likeness (QED) is 0.897. The van der Waals surface area contributed by atoms with Crippen LogP contribution in [-0.4, -0.2) is 11.9 Å². The average molecular weight is 278 g/mol. The van der Waals surface area contributed by atoms with Gasteiger partial charge in [-0.1, -0.05) is 11.6 Å². The highest BCUT2D eigenvalue weighted by Gasteiger charge is 2.24. The van der Waals surface area contributed by atoms with Crippen LogP contribution in [0.2, 0.25) is 5.02 Å². The highest BCUT2D eigenvalue weighted by Crippen LogP contribution is 2.27. The summed E-state index contributed by atoms with van der Waals surface area (Å²) in [6.07, 6.45) is 1.89. The van der Waals surface area contributed by atoms with Crippen molar-refractivity contribution in [2.45, 2.75) is 18.9 Å². The van der Waals surface area contributed by atoms with Gasteiger partial charge in [0.05, 0.1) is 0 Å². The maximum atomic E-state index is 12.0. The van der Waals surface area contributed by atoms with Gasteiger partial charge in [0, 0.05) is 27.9 Å². The van der Waals surface area contributed by atoms with Crippen molar-refractivity contribution >= 4 is 28.8 Å². The molecular formula is C14H12ClNOS. The highest BCUT2D eigenvalue weighted by molar-refractivity contribution is 7.10. The summed E-state index contributed by atoms with van der Waals surface area (Å²) in [5.74, 6) is -0.0215. The van der Waals surface area contributed by atoms with Crippen molar-refractivity contribution in [3.8, 4) is 0 Å². The number of halogens is 1. The molecule has 0 aliphatic heterocycles. The molecule has 1 atom stereocenters. The van der Waals surface area contributed by atoms with Crippen LogP contribution in [-0.2, 0) is 12.8 Å². The lowest BCUT2D eigenvalue weighted by Crippen LogP contribution is -2.35. The third-order valence-electron chi connectivity index (χ3n) is 3.18. The van der Waals surface area contributed by atoms with E-state index in [2.05, 4.69) is 16.8 Å². The molecule has 4 heteroatoms. The topological polar surface area (TPSA) is 29.1 Å². The molecule has 1 aliphatic rings. The van der Waals surface area contributed by atoms with Crippen molar-refractivity contribution < 1.29 is 4.79 Å². The molecule has 1 aromatic carbocycles. The van der Waals surface area contributed by atoms with Crippen LogP contribution in [0.3, 0.4) is 0 Å². The zero-order valence-corrected chi connectivity index (χ0v) is 11.2. The maximum absolute atomic E-state index is 12.0. The van der Waals surface area contributed by atoms with E-state index in [1.54, 1.807) is 35.6 Å². The Labute approximate surface area is 115 Å². The largest absolute Gasteiger partial charge is 0.349 e. The number of fused-ring (bicyclic) bond motifs is 1. The molecule has 2 nitrogen and oxygen atoms in total. The first-order valence-corrected chi connectivity index (χ1v) is 7.10. The standard InChI is InChI=1S/C14H12ClNOS/c15-11-3-1-9(2-4-11)14(17)16-12-7-10-5-6-18-13(10)8-12/h1-6,12H,7-8H2,(H,16,17). The Kier molecular flexibility index (Phi) is 3.10. The summed E-state index contributed by atoms with van der Waals surface area (Å²) in [5, 5.41) is 5.83. The number of hydrogen-bond acceptors (Lipinski definition) is 2. The van der Waals surface area contributed by atoms with E-state index in [1.165, 1.54) is 10.4 Å². The molecule has 1 aliphatic carbocycles. The molecule has 3 rings (SSSR count). The third-order valence-corrected chi connectivity index (χ3v) is 4.41. The van der Waals surface area contributed by atoms with Crippen LogP contribution in [0.5, 0.6) is 0 Å². The van der Waals surface area contributed by atoms with E-state index in [0.29, 0.717) is 10.6 Å². The Hall–Kier alpha value is -1.32. The molecule has 2 aromatic rings. The molecule has 92 valence electrons. The first kappa shape index (κ1) is 11.8. The van der Waals surface area contributed by atoms with Gasteiger partial charge in [0.15, 0.2) is 0 Å². The van der Waals surface area contributed by atoms with E-state index < -0.39 is 0 Å². The predicted molar refractivity (Wildman–Crippen MR) is 74.4 cm³/mol. The molecule has 1 N–H and O–H groups in total. The molecule has 0 saturated heterocycles. The van der Waals surface area contributed by atoms with Gasteiger partial charge in [-0.25, -0.2) is 0 Å². The molecule has 0 saturated carbocycles. The van der Waals surface area contributed by atoms with Gasteiger partial charge >= 0.3 is 0 Å². The first-order valence-electron chi connectivity index (χ1n) is 5.84. The van der Waals surface area contributed by atoms with E-state index in [4.69, 9.17) is 11.6 Å². The van der Waals surface area contributed by atoms with Gasteiger partial charge in [0.1, 0.15) is 0 Å². The van der Waals surface area contributed by atoms with E-state index in [0.717, 1.165) is 12.8 Å². The minimum atomic E-state index is -0.0215. The van der Waals surface area contributed by atoms with Crippen molar-refractivity contribution in [3.63, 3.8) is 0 Å². The zero-order valence-electron chi connectivity index (χ0n) is 9.65. The Morgan fingerprint density at radius 2 is 2.00 bits per heavy atom. The predicted octanol–water partition coefficient (Wildman–Crippen LogP) is 3.30. The molecule has 18 heavy (non-hydrogen) atoms. The van der Waals surface area contributed by atoms with Gasteiger partial charge in [-0.2, -0.15) is 0 Å². The number of carbonyl (C=O) groups is 1. The van der Waals surface area contributed by atoms with Gasteiger partial charge in [0.25, 0.3) is 5.91 Å². The third kappa shape index (κ3) is 2.28. The fourth-order valence-electron chi connectivity index (χ4n) is 2.26. The summed E-state index contributed by atoms with van der Waals surface area (Å²) < 4.78 is 0. The Bertz CT molecular complexity index is 555. The second-order valence-electron chi connectivity index (χ2n) is 4.45. The van der Waals surface area contributed by atoms with Gasteiger partial charge in [-0.15, -0.1) is 11.3 Å². The minimum absolute atomic E-state index is 0.0215. The second-order valence-corrected chi connectivity index (χ2v) is 5.89. The Morgan fingerprint density at radius 1 is 1.22 bits per heavy atom. The summed E-state index contributed by atoms with van der Waals surface area (Å²) in [5.41, 5.74) is 2.04. The fourth-order valence-corrected chi connectivity index (χ4v) is 3.38. The summed E-state index contributed by atoms with van der Waals surface area (Å²) in [6, 6.07) is 9.36. The second kappa shape index (κ2) is 4.75. The van der Waals surface area contributed by atoms with Gasteiger partial charge in [-0.05, 0) is 47.7 Å². The van der Waals surface area contributed by atoms with Crippen LogP contribution in [0.1, 0.15) is 20.8 Å². The zero-order chi connectivity index (χ0) is 12.5.